The molecule has 1 aromatic heterocycles. The van der Waals surface area contributed by atoms with Crippen LogP contribution in [-0.4, -0.2) is 41.9 Å². The van der Waals surface area contributed by atoms with Crippen LogP contribution in [-0.2, 0) is 10.9 Å². The molecule has 0 radical (unpaired) electrons. The highest BCUT2D eigenvalue weighted by atomic mass is 19.4. The minimum Gasteiger partial charge on any atom is -0.487 e. The Balaban J connectivity index is 1.56. The van der Waals surface area contributed by atoms with Crippen LogP contribution in [0.25, 0.3) is 10.9 Å². The van der Waals surface area contributed by atoms with Gasteiger partial charge in [0.2, 0.25) is 0 Å². The molecule has 2 unspecified atom stereocenters. The van der Waals surface area contributed by atoms with Crippen molar-refractivity contribution in [3.05, 3.63) is 52.8 Å². The van der Waals surface area contributed by atoms with Gasteiger partial charge in [0.25, 0.3) is 0 Å². The summed E-state index contributed by atoms with van der Waals surface area (Å²) in [5.41, 5.74) is 1.85. The van der Waals surface area contributed by atoms with E-state index in [0.29, 0.717) is 23.8 Å². The average molecular weight is 487 g/mol. The summed E-state index contributed by atoms with van der Waals surface area (Å²) >= 11 is 0. The van der Waals surface area contributed by atoms with Crippen molar-refractivity contribution in [1.82, 2.24) is 9.97 Å². The van der Waals surface area contributed by atoms with Gasteiger partial charge < -0.3 is 19.7 Å². The monoisotopic (exact) mass is 486 g/mol. The molecule has 2 aliphatic heterocycles. The second-order valence-corrected chi connectivity index (χ2v) is 9.44. The van der Waals surface area contributed by atoms with E-state index in [-0.39, 0.29) is 17.7 Å². The lowest BCUT2D eigenvalue weighted by Gasteiger charge is -2.38. The largest absolute Gasteiger partial charge is 0.487 e. The van der Waals surface area contributed by atoms with E-state index in [4.69, 9.17) is 9.47 Å². The van der Waals surface area contributed by atoms with Gasteiger partial charge in [-0.05, 0) is 57.4 Å². The molecule has 9 heteroatoms. The molecule has 0 aliphatic carbocycles. The zero-order valence-corrected chi connectivity index (χ0v) is 20.2. The molecule has 0 saturated carbocycles. The fourth-order valence-corrected chi connectivity index (χ4v) is 5.15. The van der Waals surface area contributed by atoms with Crippen LogP contribution in [0.15, 0.2) is 30.3 Å². The molecule has 3 heterocycles. The van der Waals surface area contributed by atoms with Crippen LogP contribution in [0.1, 0.15) is 48.8 Å². The smallest absolute Gasteiger partial charge is 0.416 e. The van der Waals surface area contributed by atoms with Gasteiger partial charge in [0.05, 0.1) is 42.0 Å². The lowest BCUT2D eigenvalue weighted by molar-refractivity contribution is -0.138. The van der Waals surface area contributed by atoms with Crippen LogP contribution in [0.3, 0.4) is 0 Å². The van der Waals surface area contributed by atoms with Crippen molar-refractivity contribution in [3.63, 3.8) is 0 Å². The van der Waals surface area contributed by atoms with E-state index >= 15 is 0 Å². The summed E-state index contributed by atoms with van der Waals surface area (Å²) in [4.78, 5) is 11.6. The van der Waals surface area contributed by atoms with E-state index in [1.807, 2.05) is 26.0 Å². The summed E-state index contributed by atoms with van der Waals surface area (Å²) in [7, 11) is 0. The maximum absolute atomic E-state index is 13.5. The SMILES string of the molecule is Cc1nc(N[C@H](C)c2cccc(C(F)(F)F)c2C)c2cc3c(cc2n1)OC(C)CN3C1CCOC1. The summed E-state index contributed by atoms with van der Waals surface area (Å²) in [6.07, 6.45) is -3.42. The molecule has 0 bridgehead atoms. The topological polar surface area (TPSA) is 59.5 Å². The molecule has 1 fully saturated rings. The van der Waals surface area contributed by atoms with Gasteiger partial charge in [-0.15, -0.1) is 0 Å². The summed E-state index contributed by atoms with van der Waals surface area (Å²) in [5.74, 6) is 1.92. The number of halogens is 3. The van der Waals surface area contributed by atoms with Crippen LogP contribution in [0.4, 0.5) is 24.7 Å². The maximum atomic E-state index is 13.5. The van der Waals surface area contributed by atoms with Gasteiger partial charge in [0.15, 0.2) is 0 Å². The lowest BCUT2D eigenvalue weighted by atomic mass is 9.97. The molecule has 6 nitrogen and oxygen atoms in total. The van der Waals surface area contributed by atoms with Crippen molar-refractivity contribution in [1.29, 1.82) is 0 Å². The van der Waals surface area contributed by atoms with Gasteiger partial charge >= 0.3 is 6.18 Å². The van der Waals surface area contributed by atoms with Crippen molar-refractivity contribution in [2.24, 2.45) is 0 Å². The highest BCUT2D eigenvalue weighted by Crippen LogP contribution is 2.41. The molecule has 0 amide bonds. The van der Waals surface area contributed by atoms with Crippen LogP contribution >= 0.6 is 0 Å². The van der Waals surface area contributed by atoms with Gasteiger partial charge in [0, 0.05) is 18.1 Å². The van der Waals surface area contributed by atoms with Gasteiger partial charge in [-0.1, -0.05) is 12.1 Å². The molecule has 3 atom stereocenters. The second-order valence-electron chi connectivity index (χ2n) is 9.44. The van der Waals surface area contributed by atoms with Crippen LogP contribution in [0.5, 0.6) is 5.75 Å². The molecule has 2 aromatic carbocycles. The molecular weight excluding hydrogens is 457 g/mol. The number of fused-ring (bicyclic) bond motifs is 2. The predicted octanol–water partition coefficient (Wildman–Crippen LogP) is 5.81. The lowest BCUT2D eigenvalue weighted by Crippen LogP contribution is -2.45. The molecule has 0 spiro atoms. The second kappa shape index (κ2) is 8.86. The first-order valence-corrected chi connectivity index (χ1v) is 11.9. The highest BCUT2D eigenvalue weighted by molar-refractivity contribution is 5.94. The standard InChI is InChI=1S/C26H29F3N4O2/c1-14-12-33(18-8-9-34-13-18)23-10-20-22(11-24(23)35-14)31-17(4)32-25(20)30-16(3)19-6-5-7-21(15(19)2)26(27,28)29/h5-7,10-11,14,16,18H,8-9,12-13H2,1-4H3,(H,30,31,32)/t14?,16-,18?/m1/s1. The summed E-state index contributed by atoms with van der Waals surface area (Å²) < 4.78 is 52.2. The van der Waals surface area contributed by atoms with E-state index in [9.17, 15) is 13.2 Å². The van der Waals surface area contributed by atoms with E-state index in [2.05, 4.69) is 20.2 Å². The third-order valence-corrected chi connectivity index (χ3v) is 6.83. The zero-order valence-electron chi connectivity index (χ0n) is 20.2. The Labute approximate surface area is 202 Å². The Kier molecular flexibility index (Phi) is 5.99. The van der Waals surface area contributed by atoms with Crippen LogP contribution in [0.2, 0.25) is 0 Å². The van der Waals surface area contributed by atoms with Gasteiger partial charge in [-0.3, -0.25) is 0 Å². The van der Waals surface area contributed by atoms with Crippen LogP contribution in [0, 0.1) is 13.8 Å². The Bertz CT molecular complexity index is 1260. The normalized spacial score (nSPS) is 21.1. The Morgan fingerprint density at radius 2 is 1.97 bits per heavy atom. The molecular formula is C26H29F3N4O2. The van der Waals surface area contributed by atoms with Gasteiger partial charge in [-0.25, -0.2) is 9.97 Å². The van der Waals surface area contributed by atoms with Crippen molar-refractivity contribution in [3.8, 4) is 5.75 Å². The number of aromatic nitrogens is 2. The summed E-state index contributed by atoms with van der Waals surface area (Å²) in [6.45, 7) is 9.37. The number of alkyl halides is 3. The number of rotatable bonds is 4. The number of nitrogens with zero attached hydrogens (tertiary/aromatic N) is 3. The number of anilines is 2. The third-order valence-electron chi connectivity index (χ3n) is 6.83. The van der Waals surface area contributed by atoms with Crippen molar-refractivity contribution >= 4 is 22.4 Å². The molecule has 2 aliphatic rings. The Morgan fingerprint density at radius 1 is 1.17 bits per heavy atom. The summed E-state index contributed by atoms with van der Waals surface area (Å²) in [6, 6.07) is 8.12. The number of hydrogen-bond donors (Lipinski definition) is 1. The fourth-order valence-electron chi connectivity index (χ4n) is 5.15. The first-order valence-electron chi connectivity index (χ1n) is 11.9. The van der Waals surface area contributed by atoms with Crippen LogP contribution < -0.4 is 15.0 Å². The third kappa shape index (κ3) is 4.49. The Morgan fingerprint density at radius 3 is 2.69 bits per heavy atom. The highest BCUT2D eigenvalue weighted by Gasteiger charge is 2.34. The fraction of sp³-hybridized carbons (Fsp3) is 0.462. The van der Waals surface area contributed by atoms with E-state index < -0.39 is 17.8 Å². The minimum atomic E-state index is -4.40. The average Bonchev–Trinajstić information content (AvgIpc) is 3.31. The number of ether oxygens (including phenoxy) is 2. The predicted molar refractivity (Wildman–Crippen MR) is 129 cm³/mol. The minimum absolute atomic E-state index is 0.0324. The quantitative estimate of drug-likeness (QED) is 0.502. The van der Waals surface area contributed by atoms with Crippen molar-refractivity contribution < 1.29 is 22.6 Å². The molecule has 186 valence electrons. The van der Waals surface area contributed by atoms with E-state index in [1.54, 1.807) is 13.0 Å². The number of hydrogen-bond acceptors (Lipinski definition) is 6. The van der Waals surface area contributed by atoms with E-state index in [0.717, 1.165) is 48.0 Å². The summed E-state index contributed by atoms with van der Waals surface area (Å²) in [5, 5.41) is 4.16. The Hall–Kier alpha value is -3.07. The molecule has 1 saturated heterocycles. The van der Waals surface area contributed by atoms with E-state index in [1.165, 1.54) is 13.0 Å². The van der Waals surface area contributed by atoms with Gasteiger partial charge in [-0.2, -0.15) is 13.2 Å². The molecule has 35 heavy (non-hydrogen) atoms. The molecule has 5 rings (SSSR count). The molecule has 1 N–H and O–H groups in total. The van der Waals surface area contributed by atoms with Crippen molar-refractivity contribution in [2.75, 3.05) is 30.0 Å². The maximum Gasteiger partial charge on any atom is 0.416 e. The number of benzene rings is 2. The van der Waals surface area contributed by atoms with Gasteiger partial charge in [0.1, 0.15) is 23.5 Å². The number of aryl methyl sites for hydroxylation is 1. The van der Waals surface area contributed by atoms with Crippen molar-refractivity contribution in [2.45, 2.75) is 58.5 Å². The molecule has 3 aromatic rings. The zero-order chi connectivity index (χ0) is 24.9. The number of nitrogens with one attached hydrogen (secondary N) is 1. The first kappa shape index (κ1) is 23.7. The first-order chi connectivity index (χ1) is 16.6.